The Kier molecular flexibility index (Phi) is 10.4. The summed E-state index contributed by atoms with van der Waals surface area (Å²) in [6, 6.07) is 10.7. The van der Waals surface area contributed by atoms with E-state index in [1.54, 1.807) is 0 Å². The molecule has 1 rings (SSSR count). The molecular formula is C18H29O. The number of hydrogen-bond acceptors (Lipinski definition) is 1. The van der Waals surface area contributed by atoms with Crippen LogP contribution in [0.1, 0.15) is 63.9 Å². The van der Waals surface area contributed by atoms with E-state index >= 15 is 0 Å². The molecule has 0 saturated heterocycles. The molecule has 19 heavy (non-hydrogen) atoms. The van der Waals surface area contributed by atoms with Gasteiger partial charge in [0.25, 0.3) is 0 Å². The maximum absolute atomic E-state index is 5.52. The lowest BCUT2D eigenvalue weighted by atomic mass is 10.1. The minimum Gasteiger partial charge on any atom is -0.376 e. The van der Waals surface area contributed by atoms with Crippen LogP contribution in [0, 0.1) is 6.61 Å². The molecule has 0 amide bonds. The summed E-state index contributed by atoms with van der Waals surface area (Å²) in [5.74, 6) is 0. The quantitative estimate of drug-likeness (QED) is 0.448. The van der Waals surface area contributed by atoms with Crippen LogP contribution in [-0.2, 0) is 11.2 Å². The van der Waals surface area contributed by atoms with Crippen LogP contribution < -0.4 is 0 Å². The highest BCUT2D eigenvalue weighted by Gasteiger charge is 1.94. The van der Waals surface area contributed by atoms with Gasteiger partial charge in [0.05, 0.1) is 6.61 Å². The molecule has 0 aliphatic carbocycles. The zero-order valence-corrected chi connectivity index (χ0v) is 12.4. The Morgan fingerprint density at radius 2 is 1.68 bits per heavy atom. The van der Waals surface area contributed by atoms with Crippen molar-refractivity contribution in [1.82, 2.24) is 0 Å². The fourth-order valence-corrected chi connectivity index (χ4v) is 2.16. The fourth-order valence-electron chi connectivity index (χ4n) is 2.16. The molecule has 1 aromatic carbocycles. The molecule has 1 heteroatoms. The maximum Gasteiger partial charge on any atom is 0.0836 e. The predicted octanol–water partition coefficient (Wildman–Crippen LogP) is 5.55. The third-order valence-electron chi connectivity index (χ3n) is 3.36. The minimum absolute atomic E-state index is 0.907. The minimum atomic E-state index is 0.907. The lowest BCUT2D eigenvalue weighted by Gasteiger charge is -2.04. The summed E-state index contributed by atoms with van der Waals surface area (Å²) in [4.78, 5) is 0. The number of aryl methyl sites for hydroxylation is 1. The van der Waals surface area contributed by atoms with Gasteiger partial charge in [-0.2, -0.15) is 0 Å². The molecule has 0 atom stereocenters. The van der Waals surface area contributed by atoms with E-state index in [-0.39, 0.29) is 0 Å². The molecule has 0 fully saturated rings. The van der Waals surface area contributed by atoms with Gasteiger partial charge < -0.3 is 4.74 Å². The van der Waals surface area contributed by atoms with Crippen LogP contribution in [0.4, 0.5) is 0 Å². The Hall–Kier alpha value is -0.820. The van der Waals surface area contributed by atoms with E-state index in [0.29, 0.717) is 0 Å². The summed E-state index contributed by atoms with van der Waals surface area (Å²) in [6.07, 6.45) is 11.3. The van der Waals surface area contributed by atoms with Crippen molar-refractivity contribution in [3.8, 4) is 0 Å². The lowest BCUT2D eigenvalue weighted by molar-refractivity contribution is 0.184. The van der Waals surface area contributed by atoms with Crippen molar-refractivity contribution < 1.29 is 4.74 Å². The third kappa shape index (κ3) is 9.72. The van der Waals surface area contributed by atoms with Crippen molar-refractivity contribution in [1.29, 1.82) is 0 Å². The number of rotatable bonds is 12. The van der Waals surface area contributed by atoms with Gasteiger partial charge in [-0.15, -0.1) is 0 Å². The van der Waals surface area contributed by atoms with Crippen LogP contribution in [0.5, 0.6) is 0 Å². The molecule has 0 bridgehead atoms. The van der Waals surface area contributed by atoms with Gasteiger partial charge in [-0.1, -0.05) is 69.4 Å². The van der Waals surface area contributed by atoms with Gasteiger partial charge in [0.2, 0.25) is 0 Å². The molecule has 0 unspecified atom stereocenters. The number of ether oxygens (including phenoxy) is 1. The first-order chi connectivity index (χ1) is 9.43. The number of benzene rings is 1. The Labute approximate surface area is 119 Å². The van der Waals surface area contributed by atoms with E-state index < -0.39 is 0 Å². The molecule has 0 N–H and O–H groups in total. The van der Waals surface area contributed by atoms with Gasteiger partial charge in [-0.3, -0.25) is 0 Å². The highest BCUT2D eigenvalue weighted by atomic mass is 16.5. The molecule has 1 aromatic rings. The van der Waals surface area contributed by atoms with E-state index in [1.807, 2.05) is 6.61 Å². The second kappa shape index (κ2) is 12.2. The van der Waals surface area contributed by atoms with Crippen molar-refractivity contribution in [2.24, 2.45) is 0 Å². The molecule has 1 radical (unpaired) electrons. The topological polar surface area (TPSA) is 9.23 Å². The Morgan fingerprint density at radius 3 is 2.47 bits per heavy atom. The first kappa shape index (κ1) is 16.2. The Bertz CT molecular complexity index is 281. The molecule has 1 nitrogen and oxygen atoms in total. The highest BCUT2D eigenvalue weighted by Crippen LogP contribution is 2.09. The van der Waals surface area contributed by atoms with E-state index in [9.17, 15) is 0 Å². The average molecular weight is 261 g/mol. The molecule has 0 aliphatic rings. The van der Waals surface area contributed by atoms with Crippen LogP contribution in [0.25, 0.3) is 0 Å². The summed E-state index contributed by atoms with van der Waals surface area (Å²) in [5.41, 5.74) is 1.46. The maximum atomic E-state index is 5.52. The summed E-state index contributed by atoms with van der Waals surface area (Å²) in [5, 5.41) is 0. The SMILES string of the molecule is CCCCCCO[CH]CCCCCc1ccccc1. The molecule has 0 saturated carbocycles. The molecular weight excluding hydrogens is 232 g/mol. The largest absolute Gasteiger partial charge is 0.376 e. The van der Waals surface area contributed by atoms with Gasteiger partial charge in [0.1, 0.15) is 0 Å². The van der Waals surface area contributed by atoms with Crippen molar-refractivity contribution in [2.75, 3.05) is 6.61 Å². The van der Waals surface area contributed by atoms with Crippen LogP contribution in [0.2, 0.25) is 0 Å². The van der Waals surface area contributed by atoms with E-state index in [1.165, 1.54) is 56.9 Å². The normalized spacial score (nSPS) is 10.8. The average Bonchev–Trinajstić information content (AvgIpc) is 2.46. The van der Waals surface area contributed by atoms with Crippen molar-refractivity contribution in [3.05, 3.63) is 42.5 Å². The van der Waals surface area contributed by atoms with Crippen LogP contribution >= 0.6 is 0 Å². The van der Waals surface area contributed by atoms with Gasteiger partial charge in [-0.25, -0.2) is 0 Å². The third-order valence-corrected chi connectivity index (χ3v) is 3.36. The molecule has 0 aliphatic heterocycles. The van der Waals surface area contributed by atoms with Crippen molar-refractivity contribution >= 4 is 0 Å². The van der Waals surface area contributed by atoms with Gasteiger partial charge >= 0.3 is 0 Å². The smallest absolute Gasteiger partial charge is 0.0836 e. The standard InChI is InChI=1S/C18H29O/c1-2-3-4-11-16-19-17-12-6-5-8-13-18-14-9-7-10-15-18/h7,9-10,14-15,17H,2-6,8,11-13,16H2,1H3. The Morgan fingerprint density at radius 1 is 0.895 bits per heavy atom. The molecule has 107 valence electrons. The Balaban J connectivity index is 1.79. The van der Waals surface area contributed by atoms with E-state index in [4.69, 9.17) is 4.74 Å². The van der Waals surface area contributed by atoms with Gasteiger partial charge in [0.15, 0.2) is 0 Å². The van der Waals surface area contributed by atoms with Crippen molar-refractivity contribution in [3.63, 3.8) is 0 Å². The van der Waals surface area contributed by atoms with Crippen molar-refractivity contribution in [2.45, 2.75) is 64.7 Å². The van der Waals surface area contributed by atoms with Gasteiger partial charge in [0, 0.05) is 6.61 Å². The first-order valence-corrected chi connectivity index (χ1v) is 7.90. The second-order valence-corrected chi connectivity index (χ2v) is 5.18. The van der Waals surface area contributed by atoms with Crippen LogP contribution in [0.3, 0.4) is 0 Å². The second-order valence-electron chi connectivity index (χ2n) is 5.18. The lowest BCUT2D eigenvalue weighted by Crippen LogP contribution is -1.92. The van der Waals surface area contributed by atoms with E-state index in [2.05, 4.69) is 37.3 Å². The number of unbranched alkanes of at least 4 members (excludes halogenated alkanes) is 6. The van der Waals surface area contributed by atoms with E-state index in [0.717, 1.165) is 13.0 Å². The summed E-state index contributed by atoms with van der Waals surface area (Å²) < 4.78 is 5.52. The zero-order chi connectivity index (χ0) is 13.6. The van der Waals surface area contributed by atoms with Crippen LogP contribution in [-0.4, -0.2) is 6.61 Å². The zero-order valence-electron chi connectivity index (χ0n) is 12.4. The fraction of sp³-hybridized carbons (Fsp3) is 0.611. The van der Waals surface area contributed by atoms with Crippen LogP contribution in [0.15, 0.2) is 30.3 Å². The van der Waals surface area contributed by atoms with Gasteiger partial charge in [-0.05, 0) is 31.2 Å². The molecule has 0 aromatic heterocycles. The summed E-state index contributed by atoms with van der Waals surface area (Å²) >= 11 is 0. The predicted molar refractivity (Wildman–Crippen MR) is 83.0 cm³/mol. The molecule has 0 heterocycles. The monoisotopic (exact) mass is 261 g/mol. The first-order valence-electron chi connectivity index (χ1n) is 7.90. The summed E-state index contributed by atoms with van der Waals surface area (Å²) in [7, 11) is 0. The highest BCUT2D eigenvalue weighted by molar-refractivity contribution is 5.14. The number of hydrogen-bond donors (Lipinski definition) is 0. The molecule has 0 spiro atoms. The summed E-state index contributed by atoms with van der Waals surface area (Å²) in [6.45, 7) is 5.15.